The summed E-state index contributed by atoms with van der Waals surface area (Å²) in [6.07, 6.45) is 2.98. The molecule has 1 saturated heterocycles. The smallest absolute Gasteiger partial charge is 0.264 e. The van der Waals surface area contributed by atoms with Gasteiger partial charge in [-0.25, -0.2) is 4.98 Å². The monoisotopic (exact) mass is 410 g/mol. The molecular weight excluding hydrogens is 388 g/mol. The SMILES string of the molecule is Cc1c(C(=O)N2CCCC(C(=O)Nc3ccccc3)C2)sc2ncn(C)c(=O)c12. The third-order valence-corrected chi connectivity index (χ3v) is 6.51. The molecule has 2 aromatic heterocycles. The molecule has 1 aliphatic heterocycles. The number of nitrogens with one attached hydrogen (secondary N) is 1. The van der Waals surface area contributed by atoms with Crippen LogP contribution in [0.2, 0.25) is 0 Å². The van der Waals surface area contributed by atoms with Crippen LogP contribution in [0.3, 0.4) is 0 Å². The third kappa shape index (κ3) is 3.67. The number of carbonyl (C=O) groups is 2. The van der Waals surface area contributed by atoms with Gasteiger partial charge in [0, 0.05) is 25.8 Å². The molecule has 0 bridgehead atoms. The van der Waals surface area contributed by atoms with E-state index in [9.17, 15) is 14.4 Å². The van der Waals surface area contributed by atoms with Gasteiger partial charge in [-0.2, -0.15) is 0 Å². The van der Waals surface area contributed by atoms with Crippen LogP contribution >= 0.6 is 11.3 Å². The molecule has 2 amide bonds. The van der Waals surface area contributed by atoms with Crippen molar-refractivity contribution >= 4 is 39.1 Å². The van der Waals surface area contributed by atoms with Crippen molar-refractivity contribution in [3.05, 3.63) is 57.5 Å². The normalized spacial score (nSPS) is 16.8. The zero-order valence-electron chi connectivity index (χ0n) is 16.3. The van der Waals surface area contributed by atoms with Crippen molar-refractivity contribution in [2.45, 2.75) is 19.8 Å². The molecule has 0 radical (unpaired) electrons. The number of para-hydroxylation sites is 1. The highest BCUT2D eigenvalue weighted by Crippen LogP contribution is 2.29. The van der Waals surface area contributed by atoms with Crippen LogP contribution < -0.4 is 10.9 Å². The second-order valence-electron chi connectivity index (χ2n) is 7.34. The molecule has 1 atom stereocenters. The Morgan fingerprint density at radius 2 is 2.00 bits per heavy atom. The molecule has 0 saturated carbocycles. The highest BCUT2D eigenvalue weighted by molar-refractivity contribution is 7.20. The number of nitrogens with zero attached hydrogens (tertiary/aromatic N) is 3. The van der Waals surface area contributed by atoms with E-state index >= 15 is 0 Å². The highest BCUT2D eigenvalue weighted by atomic mass is 32.1. The minimum atomic E-state index is -0.256. The fourth-order valence-electron chi connectivity index (χ4n) is 3.70. The predicted molar refractivity (Wildman–Crippen MR) is 113 cm³/mol. The number of benzene rings is 1. The fourth-order valence-corrected chi connectivity index (χ4v) is 4.81. The molecule has 0 aliphatic carbocycles. The Labute approximate surface area is 172 Å². The molecule has 8 heteroatoms. The Balaban J connectivity index is 1.54. The number of piperidine rings is 1. The lowest BCUT2D eigenvalue weighted by Crippen LogP contribution is -2.43. The lowest BCUT2D eigenvalue weighted by molar-refractivity contribution is -0.121. The van der Waals surface area contributed by atoms with E-state index in [1.54, 1.807) is 18.9 Å². The van der Waals surface area contributed by atoms with Crippen molar-refractivity contribution in [1.29, 1.82) is 0 Å². The first-order valence-corrected chi connectivity index (χ1v) is 10.4. The third-order valence-electron chi connectivity index (χ3n) is 5.33. The molecule has 3 aromatic rings. The Hall–Kier alpha value is -3.00. The lowest BCUT2D eigenvalue weighted by Gasteiger charge is -2.32. The van der Waals surface area contributed by atoms with Crippen LogP contribution in [0.15, 0.2) is 41.5 Å². The van der Waals surface area contributed by atoms with Crippen LogP contribution in [0.4, 0.5) is 5.69 Å². The van der Waals surface area contributed by atoms with Gasteiger partial charge in [0.15, 0.2) is 0 Å². The maximum Gasteiger partial charge on any atom is 0.264 e. The van der Waals surface area contributed by atoms with Crippen molar-refractivity contribution < 1.29 is 9.59 Å². The van der Waals surface area contributed by atoms with Gasteiger partial charge in [0.2, 0.25) is 5.91 Å². The van der Waals surface area contributed by atoms with E-state index in [1.807, 2.05) is 30.3 Å². The van der Waals surface area contributed by atoms with Gasteiger partial charge < -0.3 is 14.8 Å². The number of aromatic nitrogens is 2. The van der Waals surface area contributed by atoms with E-state index < -0.39 is 0 Å². The number of hydrogen-bond donors (Lipinski definition) is 1. The van der Waals surface area contributed by atoms with Crippen LogP contribution in [-0.2, 0) is 11.8 Å². The molecule has 1 fully saturated rings. The first-order chi connectivity index (χ1) is 14.0. The summed E-state index contributed by atoms with van der Waals surface area (Å²) in [5.41, 5.74) is 1.27. The van der Waals surface area contributed by atoms with E-state index in [4.69, 9.17) is 0 Å². The summed E-state index contributed by atoms with van der Waals surface area (Å²) in [5, 5.41) is 3.43. The number of anilines is 1. The molecule has 150 valence electrons. The maximum absolute atomic E-state index is 13.2. The minimum absolute atomic E-state index is 0.0719. The second-order valence-corrected chi connectivity index (χ2v) is 8.34. The van der Waals surface area contributed by atoms with Crippen LogP contribution in [0.1, 0.15) is 28.1 Å². The van der Waals surface area contributed by atoms with E-state index in [0.29, 0.717) is 33.7 Å². The van der Waals surface area contributed by atoms with Crippen molar-refractivity contribution in [2.24, 2.45) is 13.0 Å². The van der Waals surface area contributed by atoms with Gasteiger partial charge in [0.05, 0.1) is 22.5 Å². The van der Waals surface area contributed by atoms with Crippen molar-refractivity contribution in [3.8, 4) is 0 Å². The average Bonchev–Trinajstić information content (AvgIpc) is 3.08. The zero-order chi connectivity index (χ0) is 20.5. The number of likely N-dealkylation sites (tertiary alicyclic amines) is 1. The van der Waals surface area contributed by atoms with E-state index in [2.05, 4.69) is 10.3 Å². The van der Waals surface area contributed by atoms with Gasteiger partial charge in [-0.15, -0.1) is 11.3 Å². The topological polar surface area (TPSA) is 84.3 Å². The number of rotatable bonds is 3. The number of hydrogen-bond acceptors (Lipinski definition) is 5. The molecule has 1 unspecified atom stereocenters. The molecular formula is C21H22N4O3S. The standard InChI is InChI=1S/C21H22N4O3S/c1-13-16-19(22-12-24(2)20(16)27)29-17(13)21(28)25-10-6-7-14(11-25)18(26)23-15-8-4-3-5-9-15/h3-5,8-9,12,14H,6-7,10-11H2,1-2H3,(H,23,26). The van der Waals surface area contributed by atoms with Crippen LogP contribution in [0, 0.1) is 12.8 Å². The fraction of sp³-hybridized carbons (Fsp3) is 0.333. The van der Waals surface area contributed by atoms with Crippen molar-refractivity contribution in [2.75, 3.05) is 18.4 Å². The van der Waals surface area contributed by atoms with Crippen LogP contribution in [0.25, 0.3) is 10.2 Å². The average molecular weight is 410 g/mol. The molecule has 7 nitrogen and oxygen atoms in total. The Kier molecular flexibility index (Phi) is 5.19. The van der Waals surface area contributed by atoms with Gasteiger partial charge in [-0.05, 0) is 37.5 Å². The lowest BCUT2D eigenvalue weighted by atomic mass is 9.96. The number of aryl methyl sites for hydroxylation is 2. The predicted octanol–water partition coefficient (Wildman–Crippen LogP) is 2.79. The highest BCUT2D eigenvalue weighted by Gasteiger charge is 2.31. The number of fused-ring (bicyclic) bond motifs is 1. The molecule has 29 heavy (non-hydrogen) atoms. The first kappa shape index (κ1) is 19.3. The second kappa shape index (κ2) is 7.79. The number of thiophene rings is 1. The maximum atomic E-state index is 13.2. The summed E-state index contributed by atoms with van der Waals surface area (Å²) in [5.74, 6) is -0.462. The van der Waals surface area contributed by atoms with Crippen LogP contribution in [0.5, 0.6) is 0 Å². The van der Waals surface area contributed by atoms with E-state index in [1.165, 1.54) is 22.2 Å². The van der Waals surface area contributed by atoms with E-state index in [0.717, 1.165) is 18.5 Å². The molecule has 1 aliphatic rings. The summed E-state index contributed by atoms with van der Waals surface area (Å²) in [6, 6.07) is 9.32. The molecule has 4 rings (SSSR count). The molecule has 1 aromatic carbocycles. The number of carbonyl (C=O) groups excluding carboxylic acids is 2. The molecule has 1 N–H and O–H groups in total. The summed E-state index contributed by atoms with van der Waals surface area (Å²) in [6.45, 7) is 2.77. The summed E-state index contributed by atoms with van der Waals surface area (Å²) < 4.78 is 1.42. The molecule has 0 spiro atoms. The Bertz CT molecular complexity index is 1140. The Morgan fingerprint density at radius 1 is 1.24 bits per heavy atom. The van der Waals surface area contributed by atoms with Gasteiger partial charge >= 0.3 is 0 Å². The number of amides is 2. The molecule has 3 heterocycles. The van der Waals surface area contributed by atoms with Gasteiger partial charge in [-0.1, -0.05) is 18.2 Å². The van der Waals surface area contributed by atoms with Gasteiger partial charge in [-0.3, -0.25) is 14.4 Å². The van der Waals surface area contributed by atoms with Crippen molar-refractivity contribution in [1.82, 2.24) is 14.5 Å². The van der Waals surface area contributed by atoms with E-state index in [-0.39, 0.29) is 23.3 Å². The first-order valence-electron chi connectivity index (χ1n) is 9.55. The minimum Gasteiger partial charge on any atom is -0.337 e. The zero-order valence-corrected chi connectivity index (χ0v) is 17.2. The van der Waals surface area contributed by atoms with Gasteiger partial charge in [0.1, 0.15) is 4.83 Å². The van der Waals surface area contributed by atoms with Crippen LogP contribution in [-0.4, -0.2) is 39.4 Å². The largest absolute Gasteiger partial charge is 0.337 e. The Morgan fingerprint density at radius 3 is 2.76 bits per heavy atom. The van der Waals surface area contributed by atoms with Gasteiger partial charge in [0.25, 0.3) is 11.5 Å². The quantitative estimate of drug-likeness (QED) is 0.720. The summed E-state index contributed by atoms with van der Waals surface area (Å²) >= 11 is 1.24. The van der Waals surface area contributed by atoms with Crippen molar-refractivity contribution in [3.63, 3.8) is 0 Å². The summed E-state index contributed by atoms with van der Waals surface area (Å²) in [7, 11) is 1.65. The summed E-state index contributed by atoms with van der Waals surface area (Å²) in [4.78, 5) is 45.4.